The first-order valence-electron chi connectivity index (χ1n) is 8.94. The van der Waals surface area contributed by atoms with Gasteiger partial charge in [0.1, 0.15) is 11.9 Å². The number of nitrogens with one attached hydrogen (secondary N) is 1. The van der Waals surface area contributed by atoms with Crippen LogP contribution in [0.25, 0.3) is 11.0 Å². The number of aryl methyl sites for hydroxylation is 1. The highest BCUT2D eigenvalue weighted by Crippen LogP contribution is 2.16. The molecule has 27 heavy (non-hydrogen) atoms. The van der Waals surface area contributed by atoms with Crippen LogP contribution in [0.5, 0.6) is 0 Å². The first kappa shape index (κ1) is 17.2. The minimum atomic E-state index is -0.0648. The van der Waals surface area contributed by atoms with Crippen LogP contribution in [-0.2, 0) is 6.54 Å². The van der Waals surface area contributed by atoms with E-state index in [1.165, 1.54) is 0 Å². The van der Waals surface area contributed by atoms with E-state index in [-0.39, 0.29) is 6.99 Å². The maximum Gasteiger partial charge on any atom is 0.251 e. The lowest BCUT2D eigenvalue weighted by Gasteiger charge is -2.35. The third-order valence-electron chi connectivity index (χ3n) is 4.91. The molecule has 4 heterocycles. The molecule has 1 aliphatic heterocycles. The molecule has 3 aromatic rings. The Morgan fingerprint density at radius 2 is 2.00 bits per heavy atom. The molecule has 0 unspecified atom stereocenters. The topological polar surface area (TPSA) is 88.9 Å². The first-order valence-corrected chi connectivity index (χ1v) is 8.94. The third-order valence-corrected chi connectivity index (χ3v) is 4.91. The number of nitriles is 1. The summed E-state index contributed by atoms with van der Waals surface area (Å²) in [6.45, 7) is 6.20. The number of fused-ring (bicyclic) bond motifs is 1. The summed E-state index contributed by atoms with van der Waals surface area (Å²) in [5, 5.41) is 8.87. The van der Waals surface area contributed by atoms with Crippen molar-refractivity contribution in [1.82, 2.24) is 19.9 Å². The lowest BCUT2D eigenvalue weighted by Crippen LogP contribution is -2.46. The summed E-state index contributed by atoms with van der Waals surface area (Å²) in [7, 11) is 0. The normalized spacial score (nSPS) is 15.0. The number of anilines is 1. The van der Waals surface area contributed by atoms with E-state index >= 15 is 0 Å². The lowest BCUT2D eigenvalue weighted by atomic mass is 10.2. The van der Waals surface area contributed by atoms with Crippen molar-refractivity contribution in [3.63, 3.8) is 0 Å². The van der Waals surface area contributed by atoms with Gasteiger partial charge in [0.15, 0.2) is 0 Å². The van der Waals surface area contributed by atoms with E-state index < -0.39 is 0 Å². The SMILES string of the molecule is Cc1cc2ncc(CN3CCN(c4ccc(C#N)cn4)CC3)cc2[nH]c1=O.[HH]. The van der Waals surface area contributed by atoms with Crippen molar-refractivity contribution >= 4 is 16.9 Å². The first-order chi connectivity index (χ1) is 13.1. The van der Waals surface area contributed by atoms with Crippen LogP contribution in [0.15, 0.2) is 41.5 Å². The summed E-state index contributed by atoms with van der Waals surface area (Å²) in [5.41, 5.74) is 3.87. The maximum atomic E-state index is 11.8. The number of pyridine rings is 3. The van der Waals surface area contributed by atoms with Gasteiger partial charge in [-0.25, -0.2) is 4.98 Å². The quantitative estimate of drug-likeness (QED) is 0.767. The fourth-order valence-corrected chi connectivity index (χ4v) is 3.34. The number of hydrogen-bond acceptors (Lipinski definition) is 6. The van der Waals surface area contributed by atoms with Gasteiger partial charge in [-0.05, 0) is 36.8 Å². The van der Waals surface area contributed by atoms with E-state index in [0.29, 0.717) is 11.1 Å². The van der Waals surface area contributed by atoms with Crippen LogP contribution >= 0.6 is 0 Å². The fraction of sp³-hybridized carbons (Fsp3) is 0.300. The van der Waals surface area contributed by atoms with Crippen LogP contribution < -0.4 is 10.5 Å². The molecule has 7 heteroatoms. The largest absolute Gasteiger partial charge is 0.354 e. The molecular weight excluding hydrogens is 340 g/mol. The highest BCUT2D eigenvalue weighted by atomic mass is 16.1. The standard InChI is InChI=1S/C20H20N6O.H2/c1-14-8-17-18(24-20(14)27)9-16(12-22-17)13-25-4-6-26(7-5-25)19-3-2-15(10-21)11-23-19;/h2-3,8-9,11-12H,4-7,13H2,1H3,(H,24,27);1H. The Bertz CT molecular complexity index is 1060. The van der Waals surface area contributed by atoms with E-state index in [1.54, 1.807) is 19.2 Å². The molecular formula is C20H22N6O. The second-order valence-electron chi connectivity index (χ2n) is 6.84. The average Bonchev–Trinajstić information content (AvgIpc) is 2.70. The van der Waals surface area contributed by atoms with Crippen molar-refractivity contribution in [3.05, 3.63) is 63.7 Å². The molecule has 3 aromatic heterocycles. The molecule has 4 rings (SSSR count). The second-order valence-corrected chi connectivity index (χ2v) is 6.84. The van der Waals surface area contributed by atoms with E-state index in [2.05, 4.69) is 30.8 Å². The predicted octanol–water partition coefficient (Wildman–Crippen LogP) is 2.07. The minimum Gasteiger partial charge on any atom is -0.354 e. The smallest absolute Gasteiger partial charge is 0.251 e. The molecule has 1 fully saturated rings. The van der Waals surface area contributed by atoms with E-state index in [1.807, 2.05) is 24.4 Å². The molecule has 0 saturated carbocycles. The van der Waals surface area contributed by atoms with Gasteiger partial charge in [-0.1, -0.05) is 0 Å². The van der Waals surface area contributed by atoms with E-state index in [4.69, 9.17) is 5.26 Å². The van der Waals surface area contributed by atoms with Gasteiger partial charge in [-0.15, -0.1) is 0 Å². The average molecular weight is 362 g/mol. The molecule has 1 N–H and O–H groups in total. The Balaban J connectivity index is 0.00000225. The lowest BCUT2D eigenvalue weighted by molar-refractivity contribution is 0.249. The van der Waals surface area contributed by atoms with Crippen LogP contribution in [0.1, 0.15) is 18.1 Å². The summed E-state index contributed by atoms with van der Waals surface area (Å²) in [4.78, 5) is 28.2. The Hall–Kier alpha value is -3.24. The van der Waals surface area contributed by atoms with Gasteiger partial charge in [-0.3, -0.25) is 14.7 Å². The molecule has 138 valence electrons. The molecule has 1 aliphatic rings. The van der Waals surface area contributed by atoms with Gasteiger partial charge >= 0.3 is 0 Å². The van der Waals surface area contributed by atoms with Gasteiger partial charge in [-0.2, -0.15) is 5.26 Å². The number of piperazine rings is 1. The van der Waals surface area contributed by atoms with Crippen molar-refractivity contribution < 1.29 is 1.43 Å². The summed E-state index contributed by atoms with van der Waals surface area (Å²) >= 11 is 0. The van der Waals surface area contributed by atoms with Crippen LogP contribution in [0, 0.1) is 18.3 Å². The summed E-state index contributed by atoms with van der Waals surface area (Å²) in [6, 6.07) is 9.63. The zero-order chi connectivity index (χ0) is 18.8. The zero-order valence-corrected chi connectivity index (χ0v) is 15.1. The predicted molar refractivity (Wildman–Crippen MR) is 106 cm³/mol. The number of aromatic nitrogens is 3. The Labute approximate surface area is 158 Å². The van der Waals surface area contributed by atoms with Gasteiger partial charge < -0.3 is 9.88 Å². The summed E-state index contributed by atoms with van der Waals surface area (Å²) < 4.78 is 0. The van der Waals surface area contributed by atoms with Crippen LogP contribution in [0.2, 0.25) is 0 Å². The molecule has 1 saturated heterocycles. The van der Waals surface area contributed by atoms with E-state index in [0.717, 1.165) is 55.1 Å². The number of rotatable bonds is 3. The van der Waals surface area contributed by atoms with Crippen LogP contribution in [0.3, 0.4) is 0 Å². The van der Waals surface area contributed by atoms with Crippen molar-refractivity contribution in [3.8, 4) is 6.07 Å². The highest BCUT2D eigenvalue weighted by Gasteiger charge is 2.18. The fourth-order valence-electron chi connectivity index (χ4n) is 3.34. The molecule has 7 nitrogen and oxygen atoms in total. The highest BCUT2D eigenvalue weighted by molar-refractivity contribution is 5.74. The van der Waals surface area contributed by atoms with Crippen molar-refractivity contribution in [1.29, 1.82) is 5.26 Å². The number of hydrogen-bond donors (Lipinski definition) is 1. The van der Waals surface area contributed by atoms with Crippen LogP contribution in [-0.4, -0.2) is 46.0 Å². The molecule has 0 amide bonds. The van der Waals surface area contributed by atoms with Gasteiger partial charge in [0, 0.05) is 52.1 Å². The Morgan fingerprint density at radius 1 is 1.19 bits per heavy atom. The van der Waals surface area contributed by atoms with Crippen molar-refractivity contribution in [2.75, 3.05) is 31.1 Å². The Kier molecular flexibility index (Phi) is 4.57. The van der Waals surface area contributed by atoms with Crippen molar-refractivity contribution in [2.45, 2.75) is 13.5 Å². The molecule has 0 aliphatic carbocycles. The monoisotopic (exact) mass is 362 g/mol. The number of H-pyrrole nitrogens is 1. The molecule has 0 radical (unpaired) electrons. The zero-order valence-electron chi connectivity index (χ0n) is 15.1. The van der Waals surface area contributed by atoms with Gasteiger partial charge in [0.25, 0.3) is 5.56 Å². The number of nitrogens with zero attached hydrogens (tertiary/aromatic N) is 5. The third kappa shape index (κ3) is 3.66. The summed E-state index contributed by atoms with van der Waals surface area (Å²) in [5.74, 6) is 0.911. The van der Waals surface area contributed by atoms with Gasteiger partial charge in [0.05, 0.1) is 16.6 Å². The second kappa shape index (κ2) is 7.17. The van der Waals surface area contributed by atoms with Crippen LogP contribution in [0.4, 0.5) is 5.82 Å². The molecule has 0 aromatic carbocycles. The molecule has 0 bridgehead atoms. The molecule has 0 spiro atoms. The van der Waals surface area contributed by atoms with Gasteiger partial charge in [0.2, 0.25) is 0 Å². The Morgan fingerprint density at radius 3 is 2.70 bits per heavy atom. The maximum absolute atomic E-state index is 11.8. The van der Waals surface area contributed by atoms with Crippen molar-refractivity contribution in [2.24, 2.45) is 0 Å². The van der Waals surface area contributed by atoms with E-state index in [9.17, 15) is 4.79 Å². The number of aromatic amines is 1. The summed E-state index contributed by atoms with van der Waals surface area (Å²) in [6.07, 6.45) is 3.50. The molecule has 0 atom stereocenters. The minimum absolute atomic E-state index is 0.